The molecule has 6 nitrogen and oxygen atoms in total. The minimum atomic E-state index is -0.0205. The van der Waals surface area contributed by atoms with E-state index in [2.05, 4.69) is 26.8 Å². The Hall–Kier alpha value is -1.99. The molecule has 2 fully saturated rings. The van der Waals surface area contributed by atoms with Crippen LogP contribution >= 0.6 is 11.3 Å². The molecule has 2 aliphatic rings. The number of carbonyl (C=O) groups excluding carboxylic acids is 1. The first-order valence-electron chi connectivity index (χ1n) is 7.73. The fourth-order valence-electron chi connectivity index (χ4n) is 3.55. The molecule has 0 bridgehead atoms. The van der Waals surface area contributed by atoms with Crippen molar-refractivity contribution in [3.8, 4) is 0 Å². The summed E-state index contributed by atoms with van der Waals surface area (Å²) in [5.41, 5.74) is 0.998. The third-order valence-corrected chi connectivity index (χ3v) is 5.63. The number of piperazine rings is 1. The van der Waals surface area contributed by atoms with E-state index >= 15 is 0 Å². The summed E-state index contributed by atoms with van der Waals surface area (Å²) in [6, 6.07) is 2.02. The molecule has 2 aromatic heterocycles. The summed E-state index contributed by atoms with van der Waals surface area (Å²) in [6.45, 7) is 3.00. The lowest BCUT2D eigenvalue weighted by Crippen LogP contribution is -2.64. The fourth-order valence-corrected chi connectivity index (χ4v) is 4.19. The van der Waals surface area contributed by atoms with Crippen molar-refractivity contribution >= 4 is 28.7 Å². The summed E-state index contributed by atoms with van der Waals surface area (Å²) < 4.78 is 0. The molecule has 1 atom stereocenters. The molecule has 0 aromatic carbocycles. The number of hydrogen-bond acceptors (Lipinski definition) is 6. The maximum absolute atomic E-state index is 12.4. The van der Waals surface area contributed by atoms with E-state index < -0.39 is 0 Å². The quantitative estimate of drug-likeness (QED) is 0.835. The lowest BCUT2D eigenvalue weighted by atomic mass is 9.93. The Morgan fingerprint density at radius 2 is 2.22 bits per heavy atom. The zero-order valence-electron chi connectivity index (χ0n) is 13.1. The number of amides is 1. The second-order valence-corrected chi connectivity index (χ2v) is 7.06. The number of rotatable bonds is 2. The number of aromatic nitrogens is 2. The van der Waals surface area contributed by atoms with Gasteiger partial charge in [0.1, 0.15) is 5.82 Å². The first-order chi connectivity index (χ1) is 11.2. The van der Waals surface area contributed by atoms with E-state index in [1.165, 1.54) is 0 Å². The van der Waals surface area contributed by atoms with Crippen molar-refractivity contribution in [3.63, 3.8) is 0 Å². The summed E-state index contributed by atoms with van der Waals surface area (Å²) in [4.78, 5) is 27.5. The zero-order chi connectivity index (χ0) is 15.9. The van der Waals surface area contributed by atoms with Crippen LogP contribution in [0.15, 0.2) is 35.4 Å². The van der Waals surface area contributed by atoms with Crippen molar-refractivity contribution in [2.75, 3.05) is 43.0 Å². The van der Waals surface area contributed by atoms with Gasteiger partial charge in [-0.1, -0.05) is 0 Å². The number of thiophene rings is 1. The molecule has 2 aliphatic heterocycles. The van der Waals surface area contributed by atoms with Crippen molar-refractivity contribution in [2.24, 2.45) is 0 Å². The molecular weight excluding hydrogens is 310 g/mol. The summed E-state index contributed by atoms with van der Waals surface area (Å²) in [5.74, 6) is 1.09. The van der Waals surface area contributed by atoms with E-state index in [1.54, 1.807) is 23.7 Å². The molecule has 1 amide bonds. The van der Waals surface area contributed by atoms with Gasteiger partial charge in [-0.3, -0.25) is 14.7 Å². The van der Waals surface area contributed by atoms with Crippen LogP contribution in [-0.4, -0.2) is 59.5 Å². The van der Waals surface area contributed by atoms with Crippen molar-refractivity contribution in [3.05, 3.63) is 35.4 Å². The van der Waals surface area contributed by atoms with Gasteiger partial charge in [-0.2, -0.15) is 11.3 Å². The molecule has 0 radical (unpaired) electrons. The molecular formula is C16H19N5OS. The largest absolute Gasteiger partial charge is 0.353 e. The third kappa shape index (κ3) is 2.49. The van der Waals surface area contributed by atoms with Crippen molar-refractivity contribution in [1.82, 2.24) is 14.9 Å². The van der Waals surface area contributed by atoms with Crippen LogP contribution in [0.3, 0.4) is 0 Å². The molecule has 2 aromatic rings. The lowest BCUT2D eigenvalue weighted by molar-refractivity contribution is -0.123. The van der Waals surface area contributed by atoms with Crippen molar-refractivity contribution in [2.45, 2.75) is 12.0 Å². The molecule has 4 heterocycles. The van der Waals surface area contributed by atoms with Gasteiger partial charge in [0, 0.05) is 37.4 Å². The Balaban J connectivity index is 1.59. The predicted molar refractivity (Wildman–Crippen MR) is 90.9 cm³/mol. The van der Waals surface area contributed by atoms with Gasteiger partial charge >= 0.3 is 0 Å². The first-order valence-corrected chi connectivity index (χ1v) is 8.67. The van der Waals surface area contributed by atoms with Gasteiger partial charge in [-0.05, 0) is 24.9 Å². The Morgan fingerprint density at radius 3 is 2.96 bits per heavy atom. The van der Waals surface area contributed by atoms with Crippen LogP contribution in [-0.2, 0) is 4.79 Å². The van der Waals surface area contributed by atoms with Gasteiger partial charge in [0.05, 0.1) is 24.0 Å². The minimum Gasteiger partial charge on any atom is -0.353 e. The predicted octanol–water partition coefficient (Wildman–Crippen LogP) is 1.47. The summed E-state index contributed by atoms with van der Waals surface area (Å²) >= 11 is 1.63. The maximum Gasteiger partial charge on any atom is 0.241 e. The summed E-state index contributed by atoms with van der Waals surface area (Å²) in [6.07, 6.45) is 6.25. The van der Waals surface area contributed by atoms with Gasteiger partial charge in [0.25, 0.3) is 0 Å². The highest BCUT2D eigenvalue weighted by Gasteiger charge is 2.48. The SMILES string of the molecule is CN1CC(=O)N(c2ccsc2)CC12CCN(c1cnccn1)C2. The molecule has 1 spiro atoms. The second kappa shape index (κ2) is 5.58. The average Bonchev–Trinajstić information content (AvgIpc) is 3.23. The normalized spacial score (nSPS) is 25.5. The van der Waals surface area contributed by atoms with E-state index in [1.807, 2.05) is 27.9 Å². The molecule has 2 saturated heterocycles. The smallest absolute Gasteiger partial charge is 0.241 e. The number of likely N-dealkylation sites (N-methyl/N-ethyl adjacent to an activating group) is 1. The maximum atomic E-state index is 12.4. The number of carbonyl (C=O) groups is 1. The van der Waals surface area contributed by atoms with Crippen LogP contribution in [0.2, 0.25) is 0 Å². The number of anilines is 2. The molecule has 7 heteroatoms. The molecule has 23 heavy (non-hydrogen) atoms. The molecule has 0 N–H and O–H groups in total. The summed E-state index contributed by atoms with van der Waals surface area (Å²) in [7, 11) is 2.06. The highest BCUT2D eigenvalue weighted by molar-refractivity contribution is 7.08. The molecule has 0 saturated carbocycles. The standard InChI is InChI=1S/C16H19N5OS/c1-19-9-15(22)21(13-2-7-23-10-13)12-16(19)3-6-20(11-16)14-8-17-4-5-18-14/h2,4-5,7-8,10H,3,6,9,11-12H2,1H3. The molecule has 1 unspecified atom stereocenters. The Kier molecular flexibility index (Phi) is 3.54. The summed E-state index contributed by atoms with van der Waals surface area (Å²) in [5, 5.41) is 4.07. The molecule has 0 aliphatic carbocycles. The minimum absolute atomic E-state index is 0.0205. The molecule has 4 rings (SSSR count). The second-order valence-electron chi connectivity index (χ2n) is 6.28. The van der Waals surface area contributed by atoms with E-state index in [4.69, 9.17) is 0 Å². The first kappa shape index (κ1) is 14.6. The third-order valence-electron chi connectivity index (χ3n) is 4.96. The van der Waals surface area contributed by atoms with Crippen LogP contribution in [0.25, 0.3) is 0 Å². The van der Waals surface area contributed by atoms with Gasteiger partial charge in [0.15, 0.2) is 0 Å². The van der Waals surface area contributed by atoms with E-state index in [-0.39, 0.29) is 11.4 Å². The van der Waals surface area contributed by atoms with E-state index in [0.717, 1.165) is 37.6 Å². The lowest BCUT2D eigenvalue weighted by Gasteiger charge is -2.46. The highest BCUT2D eigenvalue weighted by Crippen LogP contribution is 2.35. The van der Waals surface area contributed by atoms with Crippen LogP contribution in [0, 0.1) is 0 Å². The fraction of sp³-hybridized carbons (Fsp3) is 0.438. The topological polar surface area (TPSA) is 52.6 Å². The van der Waals surface area contributed by atoms with E-state index in [0.29, 0.717) is 6.54 Å². The van der Waals surface area contributed by atoms with Crippen molar-refractivity contribution in [1.29, 1.82) is 0 Å². The van der Waals surface area contributed by atoms with Crippen LogP contribution < -0.4 is 9.80 Å². The van der Waals surface area contributed by atoms with Gasteiger partial charge in [0.2, 0.25) is 5.91 Å². The number of nitrogens with zero attached hydrogens (tertiary/aromatic N) is 5. The Bertz CT molecular complexity index is 692. The molecule has 120 valence electrons. The van der Waals surface area contributed by atoms with Crippen LogP contribution in [0.1, 0.15) is 6.42 Å². The van der Waals surface area contributed by atoms with Gasteiger partial charge < -0.3 is 9.80 Å². The van der Waals surface area contributed by atoms with Crippen LogP contribution in [0.4, 0.5) is 11.5 Å². The van der Waals surface area contributed by atoms with E-state index in [9.17, 15) is 4.79 Å². The van der Waals surface area contributed by atoms with Crippen LogP contribution in [0.5, 0.6) is 0 Å². The van der Waals surface area contributed by atoms with Gasteiger partial charge in [-0.25, -0.2) is 4.98 Å². The van der Waals surface area contributed by atoms with Crippen molar-refractivity contribution < 1.29 is 4.79 Å². The average molecular weight is 329 g/mol. The number of hydrogen-bond donors (Lipinski definition) is 0. The highest BCUT2D eigenvalue weighted by atomic mass is 32.1. The Labute approximate surface area is 139 Å². The monoisotopic (exact) mass is 329 g/mol. The zero-order valence-corrected chi connectivity index (χ0v) is 13.9. The van der Waals surface area contributed by atoms with Gasteiger partial charge in [-0.15, -0.1) is 0 Å². The Morgan fingerprint density at radius 1 is 1.30 bits per heavy atom.